The van der Waals surface area contributed by atoms with Crippen LogP contribution in [0.25, 0.3) is 0 Å². The molecule has 1 unspecified atom stereocenters. The standard InChI is InChI=1S/C18H18BrClN4O4/c19-14-5-4-13(28-14)18(27)22-9-16(25)24-7-1-2-11(10-24)17(26)23-15-6-3-12(20)8-21-15/h3-6,8,11H,1-2,7,9-10H2,(H,22,27)(H,21,23,26). The number of nitrogens with zero attached hydrogens (tertiary/aromatic N) is 2. The number of likely N-dealkylation sites (tertiary alicyclic amines) is 1. The Balaban J connectivity index is 1.50. The number of amides is 3. The fourth-order valence-corrected chi connectivity index (χ4v) is 3.31. The van der Waals surface area contributed by atoms with Gasteiger partial charge in [0.2, 0.25) is 11.8 Å². The number of aromatic nitrogens is 1. The summed E-state index contributed by atoms with van der Waals surface area (Å²) in [5.74, 6) is -0.732. The molecule has 3 rings (SSSR count). The lowest BCUT2D eigenvalue weighted by molar-refractivity contribution is -0.133. The molecule has 0 bridgehead atoms. The molecule has 0 aliphatic carbocycles. The summed E-state index contributed by atoms with van der Waals surface area (Å²) < 4.78 is 5.58. The average Bonchev–Trinajstić information content (AvgIpc) is 3.14. The summed E-state index contributed by atoms with van der Waals surface area (Å²) in [6.07, 6.45) is 2.83. The molecule has 1 fully saturated rings. The molecule has 0 saturated carbocycles. The fraction of sp³-hybridized carbons (Fsp3) is 0.333. The van der Waals surface area contributed by atoms with Gasteiger partial charge in [-0.25, -0.2) is 4.98 Å². The number of carbonyl (C=O) groups is 3. The third kappa shape index (κ3) is 5.32. The monoisotopic (exact) mass is 468 g/mol. The molecule has 8 nitrogen and oxygen atoms in total. The molecule has 3 heterocycles. The van der Waals surface area contributed by atoms with Crippen LogP contribution in [0.3, 0.4) is 0 Å². The molecule has 2 aromatic rings. The number of furan rings is 1. The van der Waals surface area contributed by atoms with Crippen LogP contribution in [0.5, 0.6) is 0 Å². The molecule has 10 heteroatoms. The highest BCUT2D eigenvalue weighted by molar-refractivity contribution is 9.10. The number of piperidine rings is 1. The minimum absolute atomic E-state index is 0.117. The summed E-state index contributed by atoms with van der Waals surface area (Å²) >= 11 is 8.91. The van der Waals surface area contributed by atoms with E-state index < -0.39 is 5.91 Å². The highest BCUT2D eigenvalue weighted by atomic mass is 79.9. The van der Waals surface area contributed by atoms with Gasteiger partial charge < -0.3 is 20.0 Å². The van der Waals surface area contributed by atoms with Crippen molar-refractivity contribution >= 4 is 51.1 Å². The number of carbonyl (C=O) groups excluding carboxylic acids is 3. The highest BCUT2D eigenvalue weighted by Gasteiger charge is 2.28. The van der Waals surface area contributed by atoms with Gasteiger partial charge in [-0.1, -0.05) is 11.6 Å². The lowest BCUT2D eigenvalue weighted by Gasteiger charge is -2.32. The molecule has 1 aliphatic heterocycles. The Labute approximate surface area is 174 Å². The molecule has 1 aliphatic rings. The summed E-state index contributed by atoms with van der Waals surface area (Å²) in [4.78, 5) is 42.5. The maximum absolute atomic E-state index is 12.5. The van der Waals surface area contributed by atoms with Gasteiger partial charge in [-0.05, 0) is 53.0 Å². The van der Waals surface area contributed by atoms with Crippen LogP contribution < -0.4 is 10.6 Å². The smallest absolute Gasteiger partial charge is 0.287 e. The zero-order valence-corrected chi connectivity index (χ0v) is 17.1. The number of halogens is 2. The average molecular weight is 470 g/mol. The van der Waals surface area contributed by atoms with Crippen molar-refractivity contribution in [1.29, 1.82) is 0 Å². The zero-order chi connectivity index (χ0) is 20.1. The second-order valence-electron chi connectivity index (χ2n) is 6.32. The zero-order valence-electron chi connectivity index (χ0n) is 14.8. The summed E-state index contributed by atoms with van der Waals surface area (Å²) in [7, 11) is 0. The van der Waals surface area contributed by atoms with Gasteiger partial charge in [0, 0.05) is 19.3 Å². The largest absolute Gasteiger partial charge is 0.444 e. The van der Waals surface area contributed by atoms with Crippen LogP contribution >= 0.6 is 27.5 Å². The van der Waals surface area contributed by atoms with Gasteiger partial charge in [0.15, 0.2) is 10.4 Å². The van der Waals surface area contributed by atoms with Gasteiger partial charge >= 0.3 is 0 Å². The third-order valence-electron chi connectivity index (χ3n) is 4.32. The lowest BCUT2D eigenvalue weighted by atomic mass is 9.97. The van der Waals surface area contributed by atoms with Gasteiger partial charge in [-0.2, -0.15) is 0 Å². The van der Waals surface area contributed by atoms with E-state index in [9.17, 15) is 14.4 Å². The van der Waals surface area contributed by atoms with E-state index in [0.29, 0.717) is 41.4 Å². The number of rotatable bonds is 5. The molecule has 3 amide bonds. The number of hydrogen-bond acceptors (Lipinski definition) is 5. The summed E-state index contributed by atoms with van der Waals surface area (Å²) in [6.45, 7) is 0.675. The van der Waals surface area contributed by atoms with Crippen molar-refractivity contribution in [2.45, 2.75) is 12.8 Å². The summed E-state index contributed by atoms with van der Waals surface area (Å²) in [6, 6.07) is 6.37. The first kappa shape index (κ1) is 20.3. The quantitative estimate of drug-likeness (QED) is 0.700. The molecule has 0 aromatic carbocycles. The Morgan fingerprint density at radius 2 is 2.11 bits per heavy atom. The number of nitrogens with one attached hydrogen (secondary N) is 2. The van der Waals surface area contributed by atoms with Crippen LogP contribution in [0.2, 0.25) is 5.02 Å². The number of pyridine rings is 1. The molecule has 28 heavy (non-hydrogen) atoms. The molecule has 148 valence electrons. The maximum atomic E-state index is 12.5. The second kappa shape index (κ2) is 9.20. The van der Waals surface area contributed by atoms with Gasteiger partial charge in [-0.15, -0.1) is 0 Å². The van der Waals surface area contributed by atoms with Crippen LogP contribution in [0.15, 0.2) is 39.5 Å². The minimum Gasteiger partial charge on any atom is -0.444 e. The predicted molar refractivity (Wildman–Crippen MR) is 106 cm³/mol. The fourth-order valence-electron chi connectivity index (χ4n) is 2.89. The first-order valence-electron chi connectivity index (χ1n) is 8.66. The van der Waals surface area contributed by atoms with Crippen molar-refractivity contribution in [3.8, 4) is 0 Å². The van der Waals surface area contributed by atoms with Crippen molar-refractivity contribution in [2.75, 3.05) is 25.0 Å². The number of hydrogen-bond donors (Lipinski definition) is 2. The molecular weight excluding hydrogens is 452 g/mol. The Morgan fingerprint density at radius 1 is 1.29 bits per heavy atom. The summed E-state index contributed by atoms with van der Waals surface area (Å²) in [5.41, 5.74) is 0. The van der Waals surface area contributed by atoms with E-state index in [2.05, 4.69) is 31.5 Å². The Morgan fingerprint density at radius 3 is 2.79 bits per heavy atom. The van der Waals surface area contributed by atoms with E-state index >= 15 is 0 Å². The van der Waals surface area contributed by atoms with E-state index in [1.54, 1.807) is 23.1 Å². The van der Waals surface area contributed by atoms with Gasteiger partial charge in [-0.3, -0.25) is 14.4 Å². The maximum Gasteiger partial charge on any atom is 0.287 e. The molecule has 0 radical (unpaired) electrons. The lowest BCUT2D eigenvalue weighted by Crippen LogP contribution is -2.47. The normalized spacial score (nSPS) is 16.5. The van der Waals surface area contributed by atoms with Crippen molar-refractivity contribution in [3.05, 3.63) is 45.9 Å². The Kier molecular flexibility index (Phi) is 6.69. The van der Waals surface area contributed by atoms with E-state index in [-0.39, 0.29) is 30.0 Å². The molecule has 1 atom stereocenters. The third-order valence-corrected chi connectivity index (χ3v) is 4.97. The first-order chi connectivity index (χ1) is 13.4. The van der Waals surface area contributed by atoms with Crippen molar-refractivity contribution in [3.63, 3.8) is 0 Å². The van der Waals surface area contributed by atoms with Crippen LogP contribution in [-0.2, 0) is 9.59 Å². The van der Waals surface area contributed by atoms with Crippen molar-refractivity contribution in [2.24, 2.45) is 5.92 Å². The number of anilines is 1. The minimum atomic E-state index is -0.473. The molecule has 1 saturated heterocycles. The molecule has 2 N–H and O–H groups in total. The van der Waals surface area contributed by atoms with Crippen molar-refractivity contribution in [1.82, 2.24) is 15.2 Å². The molecular formula is C18H18BrClN4O4. The SMILES string of the molecule is O=C(NCC(=O)N1CCCC(C(=O)Nc2ccc(Cl)cn2)C1)c1ccc(Br)o1. The van der Waals surface area contributed by atoms with Gasteiger partial charge in [0.1, 0.15) is 5.82 Å². The van der Waals surface area contributed by atoms with Crippen LogP contribution in [0.4, 0.5) is 5.82 Å². The van der Waals surface area contributed by atoms with Crippen LogP contribution in [-0.4, -0.2) is 47.2 Å². The van der Waals surface area contributed by atoms with Crippen LogP contribution in [0.1, 0.15) is 23.4 Å². The Hall–Kier alpha value is -2.39. The van der Waals surface area contributed by atoms with E-state index in [1.807, 2.05) is 0 Å². The topological polar surface area (TPSA) is 105 Å². The first-order valence-corrected chi connectivity index (χ1v) is 9.83. The Bertz CT molecular complexity index is 871. The van der Waals surface area contributed by atoms with E-state index in [0.717, 1.165) is 0 Å². The highest BCUT2D eigenvalue weighted by Crippen LogP contribution is 2.19. The molecule has 0 spiro atoms. The predicted octanol–water partition coefficient (Wildman–Crippen LogP) is 2.70. The van der Waals surface area contributed by atoms with Crippen LogP contribution in [0, 0.1) is 5.92 Å². The second-order valence-corrected chi connectivity index (χ2v) is 7.53. The summed E-state index contributed by atoms with van der Waals surface area (Å²) in [5, 5.41) is 5.75. The molecule has 2 aromatic heterocycles. The van der Waals surface area contributed by atoms with E-state index in [1.165, 1.54) is 12.3 Å². The van der Waals surface area contributed by atoms with E-state index in [4.69, 9.17) is 16.0 Å². The van der Waals surface area contributed by atoms with Crippen molar-refractivity contribution < 1.29 is 18.8 Å². The van der Waals surface area contributed by atoms with Gasteiger partial charge in [0.25, 0.3) is 5.91 Å². The van der Waals surface area contributed by atoms with Gasteiger partial charge in [0.05, 0.1) is 17.5 Å².